The van der Waals surface area contributed by atoms with Crippen LogP contribution in [0.25, 0.3) is 5.69 Å². The zero-order valence-electron chi connectivity index (χ0n) is 10.4. The van der Waals surface area contributed by atoms with Crippen LogP contribution in [0, 0.1) is 5.82 Å². The SMILES string of the molecule is COC(=O)c1nc([C@@H](C)O)c(-n2cccn2)cc1F. The van der Waals surface area contributed by atoms with Crippen LogP contribution in [-0.2, 0) is 4.74 Å². The van der Waals surface area contributed by atoms with Crippen molar-refractivity contribution in [1.29, 1.82) is 0 Å². The summed E-state index contributed by atoms with van der Waals surface area (Å²) in [6, 6.07) is 2.74. The predicted molar refractivity (Wildman–Crippen MR) is 63.3 cm³/mol. The Balaban J connectivity index is 2.62. The van der Waals surface area contributed by atoms with Gasteiger partial charge in [0.15, 0.2) is 11.5 Å². The van der Waals surface area contributed by atoms with Crippen LogP contribution in [0.5, 0.6) is 0 Å². The van der Waals surface area contributed by atoms with Crippen molar-refractivity contribution in [3.63, 3.8) is 0 Å². The van der Waals surface area contributed by atoms with Crippen LogP contribution >= 0.6 is 0 Å². The van der Waals surface area contributed by atoms with Crippen molar-refractivity contribution in [3.8, 4) is 5.69 Å². The van der Waals surface area contributed by atoms with Gasteiger partial charge in [0.05, 0.1) is 24.6 Å². The molecule has 0 saturated heterocycles. The van der Waals surface area contributed by atoms with E-state index in [1.54, 1.807) is 12.3 Å². The maximum absolute atomic E-state index is 13.8. The second-order valence-electron chi connectivity index (χ2n) is 3.84. The molecule has 1 atom stereocenters. The standard InChI is InChI=1S/C12H12FN3O3/c1-7(17)10-9(16-5-3-4-14-16)6-8(13)11(15-10)12(18)19-2/h3-7,17H,1-2H3/t7-/m1/s1. The van der Waals surface area contributed by atoms with Crippen molar-refractivity contribution in [1.82, 2.24) is 14.8 Å². The Morgan fingerprint density at radius 2 is 2.32 bits per heavy atom. The maximum Gasteiger partial charge on any atom is 0.359 e. The molecule has 0 bridgehead atoms. The Morgan fingerprint density at radius 1 is 1.58 bits per heavy atom. The highest BCUT2D eigenvalue weighted by Crippen LogP contribution is 2.22. The van der Waals surface area contributed by atoms with E-state index >= 15 is 0 Å². The van der Waals surface area contributed by atoms with E-state index in [0.29, 0.717) is 0 Å². The molecule has 1 N–H and O–H groups in total. The molecule has 0 saturated carbocycles. The second kappa shape index (κ2) is 5.15. The number of methoxy groups -OCH3 is 1. The van der Waals surface area contributed by atoms with Gasteiger partial charge in [-0.1, -0.05) is 0 Å². The summed E-state index contributed by atoms with van der Waals surface area (Å²) in [5.74, 6) is -1.73. The number of hydrogen-bond donors (Lipinski definition) is 1. The van der Waals surface area contributed by atoms with Gasteiger partial charge in [0.25, 0.3) is 0 Å². The molecular weight excluding hydrogens is 253 g/mol. The van der Waals surface area contributed by atoms with Gasteiger partial charge in [-0.3, -0.25) is 0 Å². The molecule has 19 heavy (non-hydrogen) atoms. The van der Waals surface area contributed by atoms with Crippen molar-refractivity contribution in [2.75, 3.05) is 7.11 Å². The van der Waals surface area contributed by atoms with Crippen LogP contribution < -0.4 is 0 Å². The van der Waals surface area contributed by atoms with Crippen molar-refractivity contribution in [2.45, 2.75) is 13.0 Å². The van der Waals surface area contributed by atoms with Crippen LogP contribution in [0.15, 0.2) is 24.5 Å². The Labute approximate surface area is 108 Å². The number of esters is 1. The fourth-order valence-corrected chi connectivity index (χ4v) is 1.64. The monoisotopic (exact) mass is 265 g/mol. The van der Waals surface area contributed by atoms with Gasteiger partial charge < -0.3 is 9.84 Å². The van der Waals surface area contributed by atoms with Crippen LogP contribution in [0.4, 0.5) is 4.39 Å². The molecule has 6 nitrogen and oxygen atoms in total. The van der Waals surface area contributed by atoms with Crippen molar-refractivity contribution < 1.29 is 19.0 Å². The van der Waals surface area contributed by atoms with E-state index in [1.807, 2.05) is 0 Å². The summed E-state index contributed by atoms with van der Waals surface area (Å²) in [6.07, 6.45) is 2.11. The minimum absolute atomic E-state index is 0.144. The summed E-state index contributed by atoms with van der Waals surface area (Å²) >= 11 is 0. The highest BCUT2D eigenvalue weighted by atomic mass is 19.1. The zero-order valence-corrected chi connectivity index (χ0v) is 10.4. The first-order valence-electron chi connectivity index (χ1n) is 5.51. The van der Waals surface area contributed by atoms with Crippen LogP contribution in [-0.4, -0.2) is 33.0 Å². The summed E-state index contributed by atoms with van der Waals surface area (Å²) in [5, 5.41) is 13.6. The van der Waals surface area contributed by atoms with Crippen LogP contribution in [0.1, 0.15) is 29.2 Å². The van der Waals surface area contributed by atoms with Crippen LogP contribution in [0.2, 0.25) is 0 Å². The second-order valence-corrected chi connectivity index (χ2v) is 3.84. The molecule has 0 fully saturated rings. The summed E-state index contributed by atoms with van der Waals surface area (Å²) in [6.45, 7) is 1.47. The third-order valence-corrected chi connectivity index (χ3v) is 2.51. The first kappa shape index (κ1) is 13.2. The van der Waals surface area contributed by atoms with Gasteiger partial charge in [-0.25, -0.2) is 18.9 Å². The molecule has 7 heteroatoms. The number of aliphatic hydroxyl groups excluding tert-OH is 1. The number of pyridine rings is 1. The minimum atomic E-state index is -0.983. The lowest BCUT2D eigenvalue weighted by molar-refractivity contribution is 0.0587. The Kier molecular flexibility index (Phi) is 3.57. The molecule has 2 heterocycles. The molecule has 2 aromatic rings. The molecule has 0 unspecified atom stereocenters. The summed E-state index contributed by atoms with van der Waals surface area (Å²) in [5.41, 5.74) is -0.0510. The van der Waals surface area contributed by atoms with Gasteiger partial charge in [0.2, 0.25) is 0 Å². The highest BCUT2D eigenvalue weighted by molar-refractivity contribution is 5.87. The molecule has 0 radical (unpaired) electrons. The smallest absolute Gasteiger partial charge is 0.359 e. The summed E-state index contributed by atoms with van der Waals surface area (Å²) in [7, 11) is 1.13. The first-order chi connectivity index (χ1) is 9.04. The van der Waals surface area contributed by atoms with E-state index in [4.69, 9.17) is 0 Å². The van der Waals surface area contributed by atoms with Gasteiger partial charge in [-0.05, 0) is 13.0 Å². The highest BCUT2D eigenvalue weighted by Gasteiger charge is 2.21. The largest absolute Gasteiger partial charge is 0.464 e. The number of carbonyl (C=O) groups is 1. The number of carbonyl (C=O) groups excluding carboxylic acids is 1. The van der Waals surface area contributed by atoms with Crippen LogP contribution in [0.3, 0.4) is 0 Å². The Bertz CT molecular complexity index is 597. The third-order valence-electron chi connectivity index (χ3n) is 2.51. The summed E-state index contributed by atoms with van der Waals surface area (Å²) < 4.78 is 19.6. The lowest BCUT2D eigenvalue weighted by Crippen LogP contribution is -2.14. The number of ether oxygens (including phenoxy) is 1. The van der Waals surface area contributed by atoms with Gasteiger partial charge >= 0.3 is 5.97 Å². The average molecular weight is 265 g/mol. The molecule has 0 aliphatic heterocycles. The van der Waals surface area contributed by atoms with E-state index < -0.39 is 23.6 Å². The van der Waals surface area contributed by atoms with Gasteiger partial charge in [-0.2, -0.15) is 5.10 Å². The van der Waals surface area contributed by atoms with Crippen molar-refractivity contribution in [3.05, 3.63) is 41.7 Å². The maximum atomic E-state index is 13.8. The van der Waals surface area contributed by atoms with E-state index in [1.165, 1.54) is 17.8 Å². The van der Waals surface area contributed by atoms with Gasteiger partial charge in [0, 0.05) is 18.5 Å². The number of hydrogen-bond acceptors (Lipinski definition) is 5. The molecule has 0 aromatic carbocycles. The summed E-state index contributed by atoms with van der Waals surface area (Å²) in [4.78, 5) is 15.2. The quantitative estimate of drug-likeness (QED) is 0.845. The molecule has 0 aliphatic rings. The molecule has 2 aromatic heterocycles. The molecular formula is C12H12FN3O3. The number of halogens is 1. The zero-order chi connectivity index (χ0) is 14.0. The topological polar surface area (TPSA) is 77.2 Å². The normalized spacial score (nSPS) is 12.2. The molecule has 0 aliphatic carbocycles. The first-order valence-corrected chi connectivity index (χ1v) is 5.51. The van der Waals surface area contributed by atoms with Gasteiger partial charge in [0.1, 0.15) is 0 Å². The fourth-order valence-electron chi connectivity index (χ4n) is 1.64. The Morgan fingerprint density at radius 3 is 2.84 bits per heavy atom. The molecule has 0 spiro atoms. The van der Waals surface area contributed by atoms with Crippen molar-refractivity contribution >= 4 is 5.97 Å². The number of rotatable bonds is 3. The van der Waals surface area contributed by atoms with E-state index in [-0.39, 0.29) is 11.4 Å². The minimum Gasteiger partial charge on any atom is -0.464 e. The average Bonchev–Trinajstić information content (AvgIpc) is 2.90. The molecule has 100 valence electrons. The lowest BCUT2D eigenvalue weighted by Gasteiger charge is -2.13. The van der Waals surface area contributed by atoms with Crippen molar-refractivity contribution in [2.24, 2.45) is 0 Å². The van der Waals surface area contributed by atoms with E-state index in [2.05, 4.69) is 14.8 Å². The molecule has 0 amide bonds. The Hall–Kier alpha value is -2.28. The third kappa shape index (κ3) is 2.45. The number of aliphatic hydroxyl groups is 1. The van der Waals surface area contributed by atoms with E-state index in [9.17, 15) is 14.3 Å². The van der Waals surface area contributed by atoms with Gasteiger partial charge in [-0.15, -0.1) is 0 Å². The fraction of sp³-hybridized carbons (Fsp3) is 0.250. The number of nitrogens with zero attached hydrogens (tertiary/aromatic N) is 3. The number of aromatic nitrogens is 3. The lowest BCUT2D eigenvalue weighted by atomic mass is 10.2. The van der Waals surface area contributed by atoms with E-state index in [0.717, 1.165) is 13.2 Å². The predicted octanol–water partition coefficient (Wildman–Crippen LogP) is 1.25. The molecule has 2 rings (SSSR count).